The summed E-state index contributed by atoms with van der Waals surface area (Å²) < 4.78 is 0. The molecule has 1 amide bonds. The van der Waals surface area contributed by atoms with Crippen LogP contribution >= 0.6 is 11.6 Å². The van der Waals surface area contributed by atoms with Crippen molar-refractivity contribution in [1.29, 1.82) is 5.26 Å². The number of nitriles is 1. The molecule has 0 spiro atoms. The van der Waals surface area contributed by atoms with Crippen LogP contribution in [-0.4, -0.2) is 29.9 Å². The largest absolute Gasteiger partial charge is 0.337 e. The number of benzene rings is 1. The summed E-state index contributed by atoms with van der Waals surface area (Å²) in [6.07, 6.45) is 3.53. The zero-order valence-corrected chi connectivity index (χ0v) is 13.0. The monoisotopic (exact) mass is 305 g/mol. The van der Waals surface area contributed by atoms with Crippen molar-refractivity contribution in [3.63, 3.8) is 0 Å². The minimum absolute atomic E-state index is 0.0945. The summed E-state index contributed by atoms with van der Waals surface area (Å²) in [4.78, 5) is 14.0. The Hall–Kier alpha value is -1.57. The highest BCUT2D eigenvalue weighted by Gasteiger charge is 2.35. The topological polar surface area (TPSA) is 56.1 Å². The van der Waals surface area contributed by atoms with Crippen LogP contribution in [-0.2, 0) is 11.3 Å². The quantitative estimate of drug-likeness (QED) is 0.910. The molecule has 0 unspecified atom stereocenters. The SMILES string of the molecule is CN(CC(=O)NC1(C#N)CCCC1)Cc1cccc(Cl)c1. The van der Waals surface area contributed by atoms with Gasteiger partial charge in [0, 0.05) is 11.6 Å². The summed E-state index contributed by atoms with van der Waals surface area (Å²) in [5.74, 6) is -0.0945. The molecule has 0 atom stereocenters. The first-order chi connectivity index (χ1) is 10.0. The maximum Gasteiger partial charge on any atom is 0.235 e. The molecule has 1 fully saturated rings. The molecule has 1 N–H and O–H groups in total. The van der Waals surface area contributed by atoms with E-state index in [-0.39, 0.29) is 12.5 Å². The van der Waals surface area contributed by atoms with Gasteiger partial charge in [0.15, 0.2) is 0 Å². The van der Waals surface area contributed by atoms with Crippen molar-refractivity contribution >= 4 is 17.5 Å². The molecule has 2 rings (SSSR count). The Morgan fingerprint density at radius 3 is 2.81 bits per heavy atom. The summed E-state index contributed by atoms with van der Waals surface area (Å²) >= 11 is 5.95. The predicted octanol–water partition coefficient (Wildman–Crippen LogP) is 2.72. The molecule has 0 heterocycles. The molecule has 1 aromatic rings. The van der Waals surface area contributed by atoms with Gasteiger partial charge in [-0.1, -0.05) is 23.7 Å². The fraction of sp³-hybridized carbons (Fsp3) is 0.500. The number of nitrogens with zero attached hydrogens (tertiary/aromatic N) is 2. The van der Waals surface area contributed by atoms with Gasteiger partial charge in [-0.15, -0.1) is 0 Å². The van der Waals surface area contributed by atoms with E-state index in [1.165, 1.54) is 0 Å². The van der Waals surface area contributed by atoms with Crippen molar-refractivity contribution in [3.05, 3.63) is 34.9 Å². The first-order valence-corrected chi connectivity index (χ1v) is 7.56. The van der Waals surface area contributed by atoms with E-state index in [4.69, 9.17) is 11.6 Å². The fourth-order valence-corrected chi connectivity index (χ4v) is 3.01. The molecule has 21 heavy (non-hydrogen) atoms. The molecule has 5 heteroatoms. The van der Waals surface area contributed by atoms with E-state index in [0.717, 1.165) is 31.2 Å². The average Bonchev–Trinajstić information content (AvgIpc) is 2.87. The first-order valence-electron chi connectivity index (χ1n) is 7.18. The third-order valence-corrected chi connectivity index (χ3v) is 4.04. The Kier molecular flexibility index (Phi) is 5.22. The highest BCUT2D eigenvalue weighted by Crippen LogP contribution is 2.28. The smallest absolute Gasteiger partial charge is 0.235 e. The Bertz CT molecular complexity index is 547. The van der Waals surface area contributed by atoms with Gasteiger partial charge in [0.1, 0.15) is 5.54 Å². The Balaban J connectivity index is 1.86. The maximum absolute atomic E-state index is 12.1. The van der Waals surface area contributed by atoms with Crippen LogP contribution < -0.4 is 5.32 Å². The van der Waals surface area contributed by atoms with Gasteiger partial charge in [0.05, 0.1) is 12.6 Å². The van der Waals surface area contributed by atoms with Crippen LogP contribution in [0.5, 0.6) is 0 Å². The third kappa shape index (κ3) is 4.45. The normalized spacial score (nSPS) is 16.7. The second-order valence-electron chi connectivity index (χ2n) is 5.75. The Labute approximate surface area is 130 Å². The van der Waals surface area contributed by atoms with E-state index >= 15 is 0 Å². The van der Waals surface area contributed by atoms with Gasteiger partial charge in [0.25, 0.3) is 0 Å². The molecule has 1 aliphatic rings. The van der Waals surface area contributed by atoms with Crippen LogP contribution in [0.25, 0.3) is 0 Å². The number of hydrogen-bond acceptors (Lipinski definition) is 3. The molecule has 1 saturated carbocycles. The van der Waals surface area contributed by atoms with Gasteiger partial charge >= 0.3 is 0 Å². The van der Waals surface area contributed by atoms with E-state index in [0.29, 0.717) is 11.6 Å². The number of likely N-dealkylation sites (N-methyl/N-ethyl adjacent to an activating group) is 1. The van der Waals surface area contributed by atoms with E-state index in [9.17, 15) is 10.1 Å². The summed E-state index contributed by atoms with van der Waals surface area (Å²) in [6.45, 7) is 0.920. The second-order valence-corrected chi connectivity index (χ2v) is 6.19. The van der Waals surface area contributed by atoms with Crippen molar-refractivity contribution in [3.8, 4) is 6.07 Å². The number of carbonyl (C=O) groups excluding carboxylic acids is 1. The predicted molar refractivity (Wildman–Crippen MR) is 82.7 cm³/mol. The molecular formula is C16H20ClN3O. The molecule has 4 nitrogen and oxygen atoms in total. The summed E-state index contributed by atoms with van der Waals surface area (Å²) in [7, 11) is 1.88. The maximum atomic E-state index is 12.1. The highest BCUT2D eigenvalue weighted by atomic mass is 35.5. The van der Waals surface area contributed by atoms with E-state index in [1.54, 1.807) is 0 Å². The number of amides is 1. The van der Waals surface area contributed by atoms with Gasteiger partial charge in [-0.3, -0.25) is 9.69 Å². The lowest BCUT2D eigenvalue weighted by molar-refractivity contribution is -0.123. The van der Waals surface area contributed by atoms with Gasteiger partial charge in [-0.05, 0) is 50.4 Å². The van der Waals surface area contributed by atoms with Gasteiger partial charge in [0.2, 0.25) is 5.91 Å². The first kappa shape index (κ1) is 15.8. The number of hydrogen-bond donors (Lipinski definition) is 1. The lowest BCUT2D eigenvalue weighted by atomic mass is 10.00. The number of nitrogens with one attached hydrogen (secondary N) is 1. The molecule has 0 radical (unpaired) electrons. The summed E-state index contributed by atoms with van der Waals surface area (Å²) in [5, 5.41) is 12.9. The zero-order valence-electron chi connectivity index (χ0n) is 12.2. The third-order valence-electron chi connectivity index (χ3n) is 3.80. The van der Waals surface area contributed by atoms with Gasteiger partial charge in [-0.25, -0.2) is 0 Å². The highest BCUT2D eigenvalue weighted by molar-refractivity contribution is 6.30. The van der Waals surface area contributed by atoms with Crippen molar-refractivity contribution in [2.24, 2.45) is 0 Å². The van der Waals surface area contributed by atoms with Crippen LogP contribution in [0.2, 0.25) is 5.02 Å². The minimum Gasteiger partial charge on any atom is -0.337 e. The number of halogens is 1. The van der Waals surface area contributed by atoms with Crippen molar-refractivity contribution in [2.45, 2.75) is 37.8 Å². The lowest BCUT2D eigenvalue weighted by Gasteiger charge is -2.24. The molecular weight excluding hydrogens is 286 g/mol. The van der Waals surface area contributed by atoms with Crippen molar-refractivity contribution in [1.82, 2.24) is 10.2 Å². The molecule has 1 aromatic carbocycles. The van der Waals surface area contributed by atoms with E-state index in [2.05, 4.69) is 11.4 Å². The van der Waals surface area contributed by atoms with Crippen LogP contribution in [0, 0.1) is 11.3 Å². The minimum atomic E-state index is -0.645. The van der Waals surface area contributed by atoms with Crippen LogP contribution in [0.1, 0.15) is 31.2 Å². The van der Waals surface area contributed by atoms with Crippen molar-refractivity contribution < 1.29 is 4.79 Å². The molecule has 112 valence electrons. The van der Waals surface area contributed by atoms with Crippen LogP contribution in [0.15, 0.2) is 24.3 Å². The van der Waals surface area contributed by atoms with E-state index < -0.39 is 5.54 Å². The standard InChI is InChI=1S/C16H20ClN3O/c1-20(10-13-5-4-6-14(17)9-13)11-15(21)19-16(12-18)7-2-3-8-16/h4-6,9H,2-3,7-8,10-11H2,1H3,(H,19,21). The Morgan fingerprint density at radius 2 is 2.19 bits per heavy atom. The van der Waals surface area contributed by atoms with Gasteiger partial charge in [-0.2, -0.15) is 5.26 Å². The zero-order chi connectivity index (χ0) is 15.3. The van der Waals surface area contributed by atoms with Crippen molar-refractivity contribution in [2.75, 3.05) is 13.6 Å². The summed E-state index contributed by atoms with van der Waals surface area (Å²) in [6, 6.07) is 9.87. The van der Waals surface area contributed by atoms with Crippen LogP contribution in [0.3, 0.4) is 0 Å². The molecule has 0 aliphatic heterocycles. The van der Waals surface area contributed by atoms with E-state index in [1.807, 2.05) is 36.2 Å². The Morgan fingerprint density at radius 1 is 1.48 bits per heavy atom. The number of carbonyl (C=O) groups is 1. The molecule has 0 saturated heterocycles. The average molecular weight is 306 g/mol. The lowest BCUT2D eigenvalue weighted by Crippen LogP contribution is -2.48. The summed E-state index contributed by atoms with van der Waals surface area (Å²) in [5.41, 5.74) is 0.419. The molecule has 0 bridgehead atoms. The fourth-order valence-electron chi connectivity index (χ4n) is 2.80. The number of rotatable bonds is 5. The molecule has 0 aromatic heterocycles. The molecule has 1 aliphatic carbocycles. The van der Waals surface area contributed by atoms with Crippen LogP contribution in [0.4, 0.5) is 0 Å². The second kappa shape index (κ2) is 6.93. The van der Waals surface area contributed by atoms with Gasteiger partial charge < -0.3 is 5.32 Å².